The molecular formula is C21H20Cl2N6O3. The second kappa shape index (κ2) is 9.05. The normalized spacial score (nSPS) is 15.6. The van der Waals surface area contributed by atoms with Crippen LogP contribution in [0.2, 0.25) is 10.0 Å². The Morgan fingerprint density at radius 1 is 1.22 bits per heavy atom. The molecule has 0 aliphatic carbocycles. The van der Waals surface area contributed by atoms with Crippen LogP contribution in [0.3, 0.4) is 0 Å². The number of ether oxygens (including phenoxy) is 1. The molecule has 2 amide bonds. The maximum absolute atomic E-state index is 12.8. The van der Waals surface area contributed by atoms with Crippen molar-refractivity contribution in [3.63, 3.8) is 0 Å². The van der Waals surface area contributed by atoms with E-state index in [1.54, 1.807) is 42.3 Å². The van der Waals surface area contributed by atoms with Gasteiger partial charge >= 0.3 is 6.09 Å². The Labute approximate surface area is 194 Å². The summed E-state index contributed by atoms with van der Waals surface area (Å²) in [6.07, 6.45) is 5.10. The number of nitrogens with one attached hydrogen (secondary N) is 1. The molecule has 1 aliphatic heterocycles. The van der Waals surface area contributed by atoms with E-state index in [-0.39, 0.29) is 34.1 Å². The van der Waals surface area contributed by atoms with Crippen LogP contribution in [-0.4, -0.2) is 50.8 Å². The second-order valence-corrected chi connectivity index (χ2v) is 8.25. The molecule has 3 N–H and O–H groups in total. The van der Waals surface area contributed by atoms with E-state index < -0.39 is 6.09 Å². The summed E-state index contributed by atoms with van der Waals surface area (Å²) >= 11 is 12.0. The van der Waals surface area contributed by atoms with Gasteiger partial charge in [0.2, 0.25) is 0 Å². The number of anilines is 1. The van der Waals surface area contributed by atoms with E-state index in [1.165, 1.54) is 11.0 Å². The third kappa shape index (κ3) is 4.79. The molecule has 0 saturated carbocycles. The van der Waals surface area contributed by atoms with Crippen molar-refractivity contribution in [2.75, 3.05) is 18.8 Å². The van der Waals surface area contributed by atoms with Crippen LogP contribution in [0.25, 0.3) is 11.1 Å². The van der Waals surface area contributed by atoms with E-state index in [2.05, 4.69) is 15.4 Å². The van der Waals surface area contributed by atoms with Gasteiger partial charge in [0.05, 0.1) is 16.8 Å². The average Bonchev–Trinajstić information content (AvgIpc) is 3.40. The third-order valence-electron chi connectivity index (χ3n) is 5.07. The first kappa shape index (κ1) is 21.9. The molecule has 0 radical (unpaired) electrons. The van der Waals surface area contributed by atoms with Gasteiger partial charge in [-0.05, 0) is 24.6 Å². The Hall–Kier alpha value is -3.30. The molecule has 0 unspecified atom stereocenters. The molecular weight excluding hydrogens is 455 g/mol. The van der Waals surface area contributed by atoms with E-state index in [4.69, 9.17) is 33.7 Å². The summed E-state index contributed by atoms with van der Waals surface area (Å²) in [4.78, 5) is 31.0. The quantitative estimate of drug-likeness (QED) is 0.598. The van der Waals surface area contributed by atoms with Crippen molar-refractivity contribution in [1.29, 1.82) is 0 Å². The van der Waals surface area contributed by atoms with Crippen molar-refractivity contribution in [1.82, 2.24) is 25.0 Å². The lowest BCUT2D eigenvalue weighted by molar-refractivity contribution is 0.0937. The number of nitrogens with two attached hydrogens (primary N) is 1. The van der Waals surface area contributed by atoms with Gasteiger partial charge in [0.25, 0.3) is 5.91 Å². The number of carbonyl (C=O) groups is 2. The number of rotatable bonds is 4. The summed E-state index contributed by atoms with van der Waals surface area (Å²) in [6, 6.07) is 6.05. The third-order valence-corrected chi connectivity index (χ3v) is 5.62. The minimum atomic E-state index is -0.564. The van der Waals surface area contributed by atoms with Crippen LogP contribution >= 0.6 is 23.2 Å². The van der Waals surface area contributed by atoms with Gasteiger partial charge in [-0.15, -0.1) is 0 Å². The summed E-state index contributed by atoms with van der Waals surface area (Å²) in [5.41, 5.74) is 7.75. The van der Waals surface area contributed by atoms with Crippen LogP contribution in [0.4, 0.5) is 10.6 Å². The van der Waals surface area contributed by atoms with E-state index >= 15 is 0 Å². The summed E-state index contributed by atoms with van der Waals surface area (Å²) in [5, 5.41) is 7.73. The number of aryl methyl sites for hydroxylation is 1. The van der Waals surface area contributed by atoms with Crippen LogP contribution in [-0.2, 0) is 7.05 Å². The summed E-state index contributed by atoms with van der Waals surface area (Å²) < 4.78 is 7.01. The first-order chi connectivity index (χ1) is 15.3. The zero-order valence-electron chi connectivity index (χ0n) is 17.1. The number of nitrogen functional groups attached to an aromatic ring is 1. The SMILES string of the molecule is Cn1cc(-c2cnc(N)c(C(=O)N[C@@H]3CCN(C(=O)Oc4cc(Cl)ccc4Cl)C3)c2)cn1. The van der Waals surface area contributed by atoms with Crippen molar-refractivity contribution in [2.24, 2.45) is 7.05 Å². The number of halogens is 2. The molecule has 3 heterocycles. The van der Waals surface area contributed by atoms with Gasteiger partial charge in [-0.3, -0.25) is 9.48 Å². The molecule has 4 rings (SSSR count). The van der Waals surface area contributed by atoms with Crippen LogP contribution in [0.5, 0.6) is 5.75 Å². The van der Waals surface area contributed by atoms with E-state index in [9.17, 15) is 9.59 Å². The maximum atomic E-state index is 12.8. The molecule has 0 spiro atoms. The number of carbonyl (C=O) groups excluding carboxylic acids is 2. The molecule has 1 saturated heterocycles. The van der Waals surface area contributed by atoms with Crippen molar-refractivity contribution in [2.45, 2.75) is 12.5 Å². The lowest BCUT2D eigenvalue weighted by Crippen LogP contribution is -2.39. The molecule has 1 aromatic carbocycles. The van der Waals surface area contributed by atoms with E-state index in [1.807, 2.05) is 6.20 Å². The minimum absolute atomic E-state index is 0.125. The molecule has 32 heavy (non-hydrogen) atoms. The number of aromatic nitrogens is 3. The molecule has 2 aromatic heterocycles. The Balaban J connectivity index is 1.40. The van der Waals surface area contributed by atoms with Crippen molar-refractivity contribution < 1.29 is 14.3 Å². The predicted octanol–water partition coefficient (Wildman–Crippen LogP) is 3.37. The molecule has 166 valence electrons. The van der Waals surface area contributed by atoms with Gasteiger partial charge in [-0.1, -0.05) is 23.2 Å². The lowest BCUT2D eigenvalue weighted by atomic mass is 10.1. The smallest absolute Gasteiger partial charge is 0.409 e. The minimum Gasteiger partial charge on any atom is -0.409 e. The summed E-state index contributed by atoms with van der Waals surface area (Å²) in [5.74, 6) is -0.0541. The highest BCUT2D eigenvalue weighted by Gasteiger charge is 2.29. The highest BCUT2D eigenvalue weighted by Crippen LogP contribution is 2.28. The molecule has 11 heteroatoms. The number of likely N-dealkylation sites (tertiary alicyclic amines) is 1. The Morgan fingerprint density at radius 3 is 2.78 bits per heavy atom. The van der Waals surface area contributed by atoms with Crippen LogP contribution < -0.4 is 15.8 Å². The van der Waals surface area contributed by atoms with E-state index in [0.29, 0.717) is 24.5 Å². The number of hydrogen-bond donors (Lipinski definition) is 2. The number of benzene rings is 1. The van der Waals surface area contributed by atoms with Gasteiger partial charge in [-0.25, -0.2) is 9.78 Å². The highest BCUT2D eigenvalue weighted by atomic mass is 35.5. The standard InChI is InChI=1S/C21H20Cl2N6O3/c1-28-10-13(9-26-28)12-6-16(19(24)25-8-12)20(30)27-15-4-5-29(11-15)21(31)32-18-7-14(22)2-3-17(18)23/h2-3,6-10,15H,4-5,11H2,1H3,(H2,24,25)(H,27,30)/t15-/m1/s1. The van der Waals surface area contributed by atoms with Gasteiger partial charge in [-0.2, -0.15) is 5.10 Å². The van der Waals surface area contributed by atoms with Crippen molar-refractivity contribution >= 4 is 41.0 Å². The van der Waals surface area contributed by atoms with Crippen LogP contribution in [0, 0.1) is 0 Å². The number of pyridine rings is 1. The van der Waals surface area contributed by atoms with Gasteiger partial charge in [0.15, 0.2) is 5.75 Å². The molecule has 9 nitrogen and oxygen atoms in total. The topological polar surface area (TPSA) is 115 Å². The molecule has 0 bridgehead atoms. The average molecular weight is 475 g/mol. The molecule has 1 fully saturated rings. The number of hydrogen-bond acceptors (Lipinski definition) is 6. The van der Waals surface area contributed by atoms with Crippen LogP contribution in [0.1, 0.15) is 16.8 Å². The summed E-state index contributed by atoms with van der Waals surface area (Å²) in [7, 11) is 1.80. The lowest BCUT2D eigenvalue weighted by Gasteiger charge is -2.17. The van der Waals surface area contributed by atoms with Crippen molar-refractivity contribution in [3.8, 4) is 16.9 Å². The fourth-order valence-corrected chi connectivity index (χ4v) is 3.72. The zero-order valence-corrected chi connectivity index (χ0v) is 18.6. The van der Waals surface area contributed by atoms with Crippen LogP contribution in [0.15, 0.2) is 42.9 Å². The number of amides is 2. The Morgan fingerprint density at radius 2 is 2.03 bits per heavy atom. The first-order valence-electron chi connectivity index (χ1n) is 9.77. The fourth-order valence-electron chi connectivity index (χ4n) is 3.41. The zero-order chi connectivity index (χ0) is 22.8. The molecule has 1 aliphatic rings. The van der Waals surface area contributed by atoms with Gasteiger partial charge in [0, 0.05) is 60.8 Å². The molecule has 3 aromatic rings. The second-order valence-electron chi connectivity index (χ2n) is 7.41. The summed E-state index contributed by atoms with van der Waals surface area (Å²) in [6.45, 7) is 0.712. The predicted molar refractivity (Wildman–Crippen MR) is 121 cm³/mol. The number of nitrogens with zero attached hydrogens (tertiary/aromatic N) is 4. The fraction of sp³-hybridized carbons (Fsp3) is 0.238. The molecule has 1 atom stereocenters. The highest BCUT2D eigenvalue weighted by molar-refractivity contribution is 6.34. The van der Waals surface area contributed by atoms with E-state index in [0.717, 1.165) is 11.1 Å². The van der Waals surface area contributed by atoms with Gasteiger partial charge < -0.3 is 20.7 Å². The largest absolute Gasteiger partial charge is 0.415 e. The Kier molecular flexibility index (Phi) is 6.20. The van der Waals surface area contributed by atoms with Gasteiger partial charge in [0.1, 0.15) is 5.82 Å². The van der Waals surface area contributed by atoms with Crippen molar-refractivity contribution in [3.05, 3.63) is 58.5 Å². The maximum Gasteiger partial charge on any atom is 0.415 e. The Bertz CT molecular complexity index is 1180. The monoisotopic (exact) mass is 474 g/mol. The first-order valence-corrected chi connectivity index (χ1v) is 10.5.